The number of hydrogen-bond donors (Lipinski definition) is 2. The van der Waals surface area contributed by atoms with Crippen LogP contribution in [0.5, 0.6) is 5.75 Å². The van der Waals surface area contributed by atoms with Crippen molar-refractivity contribution in [3.8, 4) is 5.75 Å². The van der Waals surface area contributed by atoms with Gasteiger partial charge in [-0.3, -0.25) is 10.1 Å². The molecule has 0 saturated heterocycles. The van der Waals surface area contributed by atoms with Crippen molar-refractivity contribution in [1.82, 2.24) is 5.32 Å². The lowest BCUT2D eigenvalue weighted by atomic mass is 9.93. The zero-order valence-corrected chi connectivity index (χ0v) is 20.0. The van der Waals surface area contributed by atoms with Crippen LogP contribution in [0.4, 0.5) is 16.2 Å². The molecule has 178 valence electrons. The minimum atomic E-state index is -0.427. The third-order valence-corrected chi connectivity index (χ3v) is 5.54. The molecule has 0 bridgehead atoms. The summed E-state index contributed by atoms with van der Waals surface area (Å²) in [6.45, 7) is 9.17. The van der Waals surface area contributed by atoms with Crippen LogP contribution in [0.25, 0.3) is 0 Å². The van der Waals surface area contributed by atoms with E-state index in [0.29, 0.717) is 30.7 Å². The van der Waals surface area contributed by atoms with Crippen molar-refractivity contribution >= 4 is 17.4 Å². The standard InChI is InChI=1S/C27H31N3O4/c1-18(2)24-6-5-7-25(19(3)4)26(24)29-27(31)28-16-20-10-14-23(15-11-20)34-17-21-8-12-22(13-9-21)30(32)33/h5-15,18-19H,16-17H2,1-4H3,(H2,28,29,31). The summed E-state index contributed by atoms with van der Waals surface area (Å²) >= 11 is 0. The fourth-order valence-corrected chi connectivity index (χ4v) is 3.62. The first-order valence-electron chi connectivity index (χ1n) is 11.4. The van der Waals surface area contributed by atoms with Gasteiger partial charge in [-0.25, -0.2) is 4.79 Å². The van der Waals surface area contributed by atoms with E-state index in [-0.39, 0.29) is 11.7 Å². The number of nitro benzene ring substituents is 1. The van der Waals surface area contributed by atoms with Crippen LogP contribution in [0.1, 0.15) is 61.8 Å². The molecular weight excluding hydrogens is 430 g/mol. The van der Waals surface area contributed by atoms with Crippen LogP contribution in [0, 0.1) is 10.1 Å². The SMILES string of the molecule is CC(C)c1cccc(C(C)C)c1NC(=O)NCc1ccc(OCc2ccc([N+](=O)[O-])cc2)cc1. The topological polar surface area (TPSA) is 93.5 Å². The first-order valence-corrected chi connectivity index (χ1v) is 11.4. The molecule has 3 aromatic carbocycles. The number of anilines is 1. The average molecular weight is 462 g/mol. The summed E-state index contributed by atoms with van der Waals surface area (Å²) in [5, 5.41) is 16.7. The molecule has 3 rings (SSSR count). The van der Waals surface area contributed by atoms with Crippen molar-refractivity contribution in [2.75, 3.05) is 5.32 Å². The van der Waals surface area contributed by atoms with Gasteiger partial charge in [-0.05, 0) is 58.4 Å². The van der Waals surface area contributed by atoms with Gasteiger partial charge in [0.2, 0.25) is 0 Å². The fraction of sp³-hybridized carbons (Fsp3) is 0.296. The van der Waals surface area contributed by atoms with Crippen LogP contribution in [-0.2, 0) is 13.2 Å². The molecule has 0 aliphatic rings. The van der Waals surface area contributed by atoms with Crippen molar-refractivity contribution in [2.45, 2.75) is 52.7 Å². The molecule has 0 atom stereocenters. The van der Waals surface area contributed by atoms with E-state index in [1.807, 2.05) is 30.3 Å². The minimum Gasteiger partial charge on any atom is -0.489 e. The molecular formula is C27H31N3O4. The van der Waals surface area contributed by atoms with Crippen molar-refractivity contribution in [1.29, 1.82) is 0 Å². The molecule has 0 aromatic heterocycles. The van der Waals surface area contributed by atoms with E-state index in [4.69, 9.17) is 4.74 Å². The fourth-order valence-electron chi connectivity index (χ4n) is 3.62. The number of benzene rings is 3. The minimum absolute atomic E-state index is 0.0535. The second-order valence-electron chi connectivity index (χ2n) is 8.78. The number of urea groups is 1. The van der Waals surface area contributed by atoms with Crippen LogP contribution in [0.3, 0.4) is 0 Å². The number of amides is 2. The molecule has 2 N–H and O–H groups in total. The molecule has 0 saturated carbocycles. The summed E-state index contributed by atoms with van der Waals surface area (Å²) in [6, 6.07) is 19.7. The predicted octanol–water partition coefficient (Wildman–Crippen LogP) is 6.74. The van der Waals surface area contributed by atoms with Gasteiger partial charge in [0.15, 0.2) is 0 Å². The number of nitrogens with one attached hydrogen (secondary N) is 2. The molecule has 7 nitrogen and oxygen atoms in total. The van der Waals surface area contributed by atoms with Crippen molar-refractivity contribution in [2.24, 2.45) is 0 Å². The van der Waals surface area contributed by atoms with Crippen molar-refractivity contribution < 1.29 is 14.5 Å². The Labute approximate surface area is 200 Å². The summed E-state index contributed by atoms with van der Waals surface area (Å²) in [4.78, 5) is 23.0. The quantitative estimate of drug-likeness (QED) is 0.272. The average Bonchev–Trinajstić information content (AvgIpc) is 2.82. The number of ether oxygens (including phenoxy) is 1. The third-order valence-electron chi connectivity index (χ3n) is 5.54. The highest BCUT2D eigenvalue weighted by atomic mass is 16.6. The Morgan fingerprint density at radius 1 is 0.882 bits per heavy atom. The maximum absolute atomic E-state index is 12.6. The second-order valence-corrected chi connectivity index (χ2v) is 8.78. The molecule has 0 heterocycles. The summed E-state index contributed by atoms with van der Waals surface area (Å²) in [5.41, 5.74) is 4.97. The maximum Gasteiger partial charge on any atom is 0.319 e. The number of nitro groups is 1. The van der Waals surface area contributed by atoms with Crippen LogP contribution >= 0.6 is 0 Å². The number of nitrogens with zero attached hydrogens (tertiary/aromatic N) is 1. The highest BCUT2D eigenvalue weighted by molar-refractivity contribution is 5.91. The molecule has 0 radical (unpaired) electrons. The van der Waals surface area contributed by atoms with E-state index in [0.717, 1.165) is 27.9 Å². The number of carbonyl (C=O) groups excluding carboxylic acids is 1. The molecule has 0 unspecified atom stereocenters. The van der Waals surface area contributed by atoms with E-state index < -0.39 is 4.92 Å². The van der Waals surface area contributed by atoms with Gasteiger partial charge in [-0.1, -0.05) is 58.0 Å². The Morgan fingerprint density at radius 3 is 1.97 bits per heavy atom. The maximum atomic E-state index is 12.6. The van der Waals surface area contributed by atoms with Crippen molar-refractivity contribution in [3.05, 3.63) is 99.1 Å². The molecule has 0 aliphatic carbocycles. The normalized spacial score (nSPS) is 10.9. The summed E-state index contributed by atoms with van der Waals surface area (Å²) in [7, 11) is 0. The van der Waals surface area contributed by atoms with Gasteiger partial charge in [-0.15, -0.1) is 0 Å². The number of non-ortho nitro benzene ring substituents is 1. The van der Waals surface area contributed by atoms with Gasteiger partial charge in [0.05, 0.1) is 4.92 Å². The molecule has 0 fully saturated rings. The van der Waals surface area contributed by atoms with Gasteiger partial charge >= 0.3 is 6.03 Å². The number of carbonyl (C=O) groups is 1. The van der Waals surface area contributed by atoms with E-state index in [2.05, 4.69) is 50.5 Å². The van der Waals surface area contributed by atoms with Crippen LogP contribution in [0.2, 0.25) is 0 Å². The van der Waals surface area contributed by atoms with Gasteiger partial charge in [0, 0.05) is 24.4 Å². The Kier molecular flexibility index (Phi) is 8.24. The summed E-state index contributed by atoms with van der Waals surface area (Å²) < 4.78 is 5.75. The molecule has 34 heavy (non-hydrogen) atoms. The smallest absolute Gasteiger partial charge is 0.319 e. The van der Waals surface area contributed by atoms with E-state index in [1.54, 1.807) is 12.1 Å². The lowest BCUT2D eigenvalue weighted by Crippen LogP contribution is -2.29. The summed E-state index contributed by atoms with van der Waals surface area (Å²) in [5.74, 6) is 1.28. The van der Waals surface area contributed by atoms with Gasteiger partial charge in [0.25, 0.3) is 5.69 Å². The second kappa shape index (κ2) is 11.3. The van der Waals surface area contributed by atoms with E-state index >= 15 is 0 Å². The monoisotopic (exact) mass is 461 g/mol. The van der Waals surface area contributed by atoms with Crippen molar-refractivity contribution in [3.63, 3.8) is 0 Å². The van der Waals surface area contributed by atoms with Crippen LogP contribution in [0.15, 0.2) is 66.7 Å². The molecule has 3 aromatic rings. The Morgan fingerprint density at radius 2 is 1.44 bits per heavy atom. The highest BCUT2D eigenvalue weighted by Gasteiger charge is 2.15. The molecule has 2 amide bonds. The van der Waals surface area contributed by atoms with Gasteiger partial charge < -0.3 is 15.4 Å². The zero-order chi connectivity index (χ0) is 24.7. The Hall–Kier alpha value is -3.87. The summed E-state index contributed by atoms with van der Waals surface area (Å²) in [6.07, 6.45) is 0. The molecule has 0 aliphatic heterocycles. The lowest BCUT2D eigenvalue weighted by Gasteiger charge is -2.20. The molecule has 7 heteroatoms. The van der Waals surface area contributed by atoms with Gasteiger partial charge in [0.1, 0.15) is 12.4 Å². The Bertz CT molecular complexity index is 1100. The Balaban J connectivity index is 1.54. The third kappa shape index (κ3) is 6.57. The first kappa shape index (κ1) is 24.8. The van der Waals surface area contributed by atoms with Crippen LogP contribution < -0.4 is 15.4 Å². The first-order chi connectivity index (χ1) is 16.2. The molecule has 0 spiro atoms. The van der Waals surface area contributed by atoms with E-state index in [9.17, 15) is 14.9 Å². The largest absolute Gasteiger partial charge is 0.489 e. The van der Waals surface area contributed by atoms with Gasteiger partial charge in [-0.2, -0.15) is 0 Å². The predicted molar refractivity (Wildman–Crippen MR) is 134 cm³/mol. The number of hydrogen-bond acceptors (Lipinski definition) is 4. The van der Waals surface area contributed by atoms with Crippen LogP contribution in [-0.4, -0.2) is 11.0 Å². The zero-order valence-electron chi connectivity index (χ0n) is 20.0. The number of para-hydroxylation sites is 1. The highest BCUT2D eigenvalue weighted by Crippen LogP contribution is 2.32. The van der Waals surface area contributed by atoms with E-state index in [1.165, 1.54) is 12.1 Å². The number of rotatable bonds is 9. The lowest BCUT2D eigenvalue weighted by molar-refractivity contribution is -0.384.